The third-order valence-electron chi connectivity index (χ3n) is 4.04. The van der Waals surface area contributed by atoms with Gasteiger partial charge in [-0.25, -0.2) is 0 Å². The van der Waals surface area contributed by atoms with Gasteiger partial charge in [0.15, 0.2) is 0 Å². The molecule has 26 heavy (non-hydrogen) atoms. The molecule has 0 aliphatic rings. The highest BCUT2D eigenvalue weighted by atomic mass is 19.3. The van der Waals surface area contributed by atoms with Crippen molar-refractivity contribution in [2.75, 3.05) is 19.6 Å². The summed E-state index contributed by atoms with van der Waals surface area (Å²) < 4.78 is 28.6. The topological polar surface area (TPSA) is 55.6 Å². The van der Waals surface area contributed by atoms with E-state index in [-0.39, 0.29) is 11.7 Å². The van der Waals surface area contributed by atoms with Crippen LogP contribution in [0.4, 0.5) is 8.78 Å². The fourth-order valence-electron chi connectivity index (χ4n) is 2.67. The van der Waals surface area contributed by atoms with Crippen LogP contribution in [0.2, 0.25) is 0 Å². The van der Waals surface area contributed by atoms with Crippen molar-refractivity contribution in [3.8, 4) is 5.75 Å². The second-order valence-electron chi connectivity index (χ2n) is 5.93. The molecule has 0 heterocycles. The summed E-state index contributed by atoms with van der Waals surface area (Å²) in [5.41, 5.74) is 7.71. The zero-order chi connectivity index (χ0) is 18.8. The molecule has 2 aromatic rings. The van der Waals surface area contributed by atoms with Gasteiger partial charge in [-0.1, -0.05) is 42.5 Å². The van der Waals surface area contributed by atoms with E-state index in [0.717, 1.165) is 12.0 Å². The SMILES string of the molecule is NCCN(CCc1ccccc1)C(=O)CCc1ccc(OC(F)F)cc1. The van der Waals surface area contributed by atoms with Crippen LogP contribution in [0.25, 0.3) is 0 Å². The molecule has 0 aliphatic heterocycles. The molecule has 1 amide bonds. The average molecular weight is 362 g/mol. The predicted molar refractivity (Wildman–Crippen MR) is 97.2 cm³/mol. The smallest absolute Gasteiger partial charge is 0.387 e. The number of nitrogens with two attached hydrogens (primary N) is 1. The van der Waals surface area contributed by atoms with Gasteiger partial charge in [0, 0.05) is 26.1 Å². The Labute approximate surface area is 152 Å². The third-order valence-corrected chi connectivity index (χ3v) is 4.04. The Balaban J connectivity index is 1.84. The summed E-state index contributed by atoms with van der Waals surface area (Å²) in [4.78, 5) is 14.3. The maximum absolute atomic E-state index is 12.5. The number of rotatable bonds is 10. The Bertz CT molecular complexity index is 663. The highest BCUT2D eigenvalue weighted by Gasteiger charge is 2.13. The molecule has 0 saturated carbocycles. The Morgan fingerprint density at radius 3 is 2.23 bits per heavy atom. The first-order valence-electron chi connectivity index (χ1n) is 8.64. The lowest BCUT2D eigenvalue weighted by Crippen LogP contribution is -2.37. The van der Waals surface area contributed by atoms with Crippen LogP contribution < -0.4 is 10.5 Å². The molecule has 4 nitrogen and oxygen atoms in total. The summed E-state index contributed by atoms with van der Waals surface area (Å²) in [5.74, 6) is 0.155. The molecule has 0 atom stereocenters. The standard InChI is InChI=1S/C20H24F2N2O2/c21-20(22)26-18-9-6-17(7-10-18)8-11-19(25)24(15-13-23)14-12-16-4-2-1-3-5-16/h1-7,9-10,20H,8,11-15,23H2. The second kappa shape index (κ2) is 10.5. The van der Waals surface area contributed by atoms with E-state index in [9.17, 15) is 13.6 Å². The normalized spacial score (nSPS) is 10.8. The van der Waals surface area contributed by atoms with Crippen LogP contribution in [0.5, 0.6) is 5.75 Å². The Kier molecular flexibility index (Phi) is 8.02. The first-order chi connectivity index (χ1) is 12.6. The van der Waals surface area contributed by atoms with E-state index in [1.165, 1.54) is 17.7 Å². The summed E-state index contributed by atoms with van der Waals surface area (Å²) >= 11 is 0. The van der Waals surface area contributed by atoms with E-state index < -0.39 is 6.61 Å². The van der Waals surface area contributed by atoms with Crippen LogP contribution in [0.15, 0.2) is 54.6 Å². The molecule has 0 bridgehead atoms. The van der Waals surface area contributed by atoms with Crippen LogP contribution >= 0.6 is 0 Å². The number of ether oxygens (including phenoxy) is 1. The van der Waals surface area contributed by atoms with Crippen LogP contribution in [0.1, 0.15) is 17.5 Å². The van der Waals surface area contributed by atoms with E-state index >= 15 is 0 Å². The maximum Gasteiger partial charge on any atom is 0.387 e. The lowest BCUT2D eigenvalue weighted by atomic mass is 10.1. The number of benzene rings is 2. The molecule has 140 valence electrons. The van der Waals surface area contributed by atoms with Gasteiger partial charge in [-0.15, -0.1) is 0 Å². The minimum absolute atomic E-state index is 0.0410. The minimum atomic E-state index is -2.84. The van der Waals surface area contributed by atoms with Crippen LogP contribution in [0, 0.1) is 0 Å². The van der Waals surface area contributed by atoms with Crippen molar-refractivity contribution in [3.63, 3.8) is 0 Å². The van der Waals surface area contributed by atoms with Gasteiger partial charge in [0.05, 0.1) is 0 Å². The van der Waals surface area contributed by atoms with Gasteiger partial charge in [-0.3, -0.25) is 4.79 Å². The summed E-state index contributed by atoms with van der Waals surface area (Å²) in [6.07, 6.45) is 1.68. The van der Waals surface area contributed by atoms with E-state index in [1.807, 2.05) is 30.3 Å². The van der Waals surface area contributed by atoms with Gasteiger partial charge in [0.25, 0.3) is 0 Å². The number of hydrogen-bond donors (Lipinski definition) is 1. The summed E-state index contributed by atoms with van der Waals surface area (Å²) in [7, 11) is 0. The van der Waals surface area contributed by atoms with Crippen molar-refractivity contribution < 1.29 is 18.3 Å². The van der Waals surface area contributed by atoms with Crippen LogP contribution in [0.3, 0.4) is 0 Å². The van der Waals surface area contributed by atoms with E-state index in [2.05, 4.69) is 4.74 Å². The zero-order valence-corrected chi connectivity index (χ0v) is 14.6. The molecular weight excluding hydrogens is 338 g/mol. The molecule has 0 fully saturated rings. The van der Waals surface area contributed by atoms with Crippen LogP contribution in [-0.4, -0.2) is 37.1 Å². The molecule has 0 aliphatic carbocycles. The van der Waals surface area contributed by atoms with Crippen molar-refractivity contribution >= 4 is 5.91 Å². The molecule has 0 aromatic heterocycles. The van der Waals surface area contributed by atoms with Gasteiger partial charge >= 0.3 is 6.61 Å². The molecule has 0 saturated heterocycles. The van der Waals surface area contributed by atoms with Gasteiger partial charge in [0.1, 0.15) is 5.75 Å². The minimum Gasteiger partial charge on any atom is -0.435 e. The average Bonchev–Trinajstić information content (AvgIpc) is 2.64. The Morgan fingerprint density at radius 2 is 1.62 bits per heavy atom. The summed E-state index contributed by atoms with van der Waals surface area (Å²) in [6.45, 7) is -1.27. The van der Waals surface area contributed by atoms with Gasteiger partial charge in [-0.2, -0.15) is 8.78 Å². The molecule has 2 aromatic carbocycles. The Hall–Kier alpha value is -2.47. The molecule has 2 N–H and O–H groups in total. The fraction of sp³-hybridized carbons (Fsp3) is 0.350. The number of hydrogen-bond acceptors (Lipinski definition) is 3. The van der Waals surface area contributed by atoms with Gasteiger partial charge in [-0.05, 0) is 36.1 Å². The first kappa shape index (κ1) is 19.8. The van der Waals surface area contributed by atoms with E-state index in [1.54, 1.807) is 17.0 Å². The quantitative estimate of drug-likeness (QED) is 0.706. The summed E-state index contributed by atoms with van der Waals surface area (Å²) in [6, 6.07) is 16.4. The molecule has 0 spiro atoms. The monoisotopic (exact) mass is 362 g/mol. The fourth-order valence-corrected chi connectivity index (χ4v) is 2.67. The number of carbonyl (C=O) groups is 1. The number of halogens is 2. The molecule has 6 heteroatoms. The molecule has 0 radical (unpaired) electrons. The van der Waals surface area contributed by atoms with E-state index in [0.29, 0.717) is 32.5 Å². The molecule has 2 rings (SSSR count). The number of carbonyl (C=O) groups excluding carboxylic acids is 1. The maximum atomic E-state index is 12.5. The third kappa shape index (κ3) is 6.80. The van der Waals surface area contributed by atoms with Crippen molar-refractivity contribution in [2.45, 2.75) is 25.9 Å². The summed E-state index contributed by atoms with van der Waals surface area (Å²) in [5, 5.41) is 0. The van der Waals surface area contributed by atoms with Gasteiger partial charge < -0.3 is 15.4 Å². The van der Waals surface area contributed by atoms with Crippen molar-refractivity contribution in [3.05, 3.63) is 65.7 Å². The molecular formula is C20H24F2N2O2. The first-order valence-corrected chi connectivity index (χ1v) is 8.64. The van der Waals surface area contributed by atoms with Gasteiger partial charge in [0.2, 0.25) is 5.91 Å². The lowest BCUT2D eigenvalue weighted by molar-refractivity contribution is -0.131. The predicted octanol–water partition coefficient (Wildman–Crippen LogP) is 3.25. The largest absolute Gasteiger partial charge is 0.435 e. The highest BCUT2D eigenvalue weighted by molar-refractivity contribution is 5.76. The second-order valence-corrected chi connectivity index (χ2v) is 5.93. The number of nitrogens with zero attached hydrogens (tertiary/aromatic N) is 1. The van der Waals surface area contributed by atoms with E-state index in [4.69, 9.17) is 5.73 Å². The Morgan fingerprint density at radius 1 is 0.962 bits per heavy atom. The lowest BCUT2D eigenvalue weighted by Gasteiger charge is -2.22. The number of amides is 1. The number of alkyl halides is 2. The van der Waals surface area contributed by atoms with Crippen molar-refractivity contribution in [2.24, 2.45) is 5.73 Å². The zero-order valence-electron chi connectivity index (χ0n) is 14.6. The highest BCUT2D eigenvalue weighted by Crippen LogP contribution is 2.16. The van der Waals surface area contributed by atoms with Crippen molar-refractivity contribution in [1.82, 2.24) is 4.90 Å². The van der Waals surface area contributed by atoms with Crippen molar-refractivity contribution in [1.29, 1.82) is 0 Å². The number of aryl methyl sites for hydroxylation is 1. The molecule has 0 unspecified atom stereocenters. The van der Waals surface area contributed by atoms with Crippen LogP contribution in [-0.2, 0) is 17.6 Å².